The fourth-order valence-corrected chi connectivity index (χ4v) is 4.01. The van der Waals surface area contributed by atoms with E-state index in [-0.39, 0.29) is 23.9 Å². The molecule has 1 saturated heterocycles. The van der Waals surface area contributed by atoms with Crippen LogP contribution >= 0.6 is 0 Å². The number of hydrogen-bond acceptors (Lipinski definition) is 3. The standard InChI is InChI=1S/C20H27N3O4/c24-18(14-5-4-6-15(13-14)19(25)26)23-11-9-17(10-12-23)22-20(27)21-16-7-2-1-3-8-16/h1-3,7-8,14-15,17H,4-6,9-13H2,(H,25,26)(H2,21,22,27). The van der Waals surface area contributed by atoms with Gasteiger partial charge < -0.3 is 20.6 Å². The first-order valence-electron chi connectivity index (χ1n) is 9.67. The number of aliphatic carboxylic acids is 1. The summed E-state index contributed by atoms with van der Waals surface area (Å²) in [7, 11) is 0. The minimum atomic E-state index is -0.792. The molecule has 3 amide bonds. The normalized spacial score (nSPS) is 23.5. The average molecular weight is 373 g/mol. The highest BCUT2D eigenvalue weighted by Crippen LogP contribution is 2.31. The van der Waals surface area contributed by atoms with Crippen LogP contribution in [0.1, 0.15) is 38.5 Å². The number of piperidine rings is 1. The van der Waals surface area contributed by atoms with Crippen LogP contribution in [0.15, 0.2) is 30.3 Å². The van der Waals surface area contributed by atoms with E-state index in [1.165, 1.54) is 0 Å². The number of likely N-dealkylation sites (tertiary alicyclic amines) is 1. The maximum atomic E-state index is 12.7. The van der Waals surface area contributed by atoms with Gasteiger partial charge in [0.15, 0.2) is 0 Å². The Bertz CT molecular complexity index is 671. The van der Waals surface area contributed by atoms with Crippen LogP contribution in [-0.4, -0.2) is 47.0 Å². The third-order valence-corrected chi connectivity index (χ3v) is 5.55. The number of anilines is 1. The lowest BCUT2D eigenvalue weighted by molar-refractivity contribution is -0.145. The van der Waals surface area contributed by atoms with Gasteiger partial charge in [0.25, 0.3) is 0 Å². The molecule has 146 valence electrons. The molecule has 1 aromatic carbocycles. The van der Waals surface area contributed by atoms with Gasteiger partial charge in [0, 0.05) is 30.7 Å². The van der Waals surface area contributed by atoms with Crippen molar-refractivity contribution in [3.8, 4) is 0 Å². The van der Waals surface area contributed by atoms with Crippen molar-refractivity contribution in [3.05, 3.63) is 30.3 Å². The number of benzene rings is 1. The van der Waals surface area contributed by atoms with Gasteiger partial charge in [-0.05, 0) is 44.2 Å². The summed E-state index contributed by atoms with van der Waals surface area (Å²) in [5.41, 5.74) is 0.743. The summed E-state index contributed by atoms with van der Waals surface area (Å²) in [6, 6.07) is 9.07. The van der Waals surface area contributed by atoms with Crippen LogP contribution < -0.4 is 10.6 Å². The first-order valence-corrected chi connectivity index (χ1v) is 9.67. The number of hydrogen-bond donors (Lipinski definition) is 3. The average Bonchev–Trinajstić information content (AvgIpc) is 2.69. The zero-order chi connectivity index (χ0) is 19.2. The van der Waals surface area contributed by atoms with Crippen molar-refractivity contribution in [1.29, 1.82) is 0 Å². The Morgan fingerprint density at radius 2 is 1.63 bits per heavy atom. The van der Waals surface area contributed by atoms with Gasteiger partial charge in [0.05, 0.1) is 5.92 Å². The smallest absolute Gasteiger partial charge is 0.319 e. The largest absolute Gasteiger partial charge is 0.481 e. The molecule has 7 heteroatoms. The topological polar surface area (TPSA) is 98.7 Å². The number of nitrogens with zero attached hydrogens (tertiary/aromatic N) is 1. The Morgan fingerprint density at radius 1 is 0.963 bits per heavy atom. The van der Waals surface area contributed by atoms with Crippen molar-refractivity contribution in [2.24, 2.45) is 11.8 Å². The second-order valence-electron chi connectivity index (χ2n) is 7.46. The molecule has 0 bridgehead atoms. The number of carboxylic acid groups (broad SMARTS) is 1. The van der Waals surface area contributed by atoms with E-state index in [0.717, 1.165) is 18.5 Å². The molecule has 1 aliphatic carbocycles. The Morgan fingerprint density at radius 3 is 2.30 bits per heavy atom. The highest BCUT2D eigenvalue weighted by atomic mass is 16.4. The Hall–Kier alpha value is -2.57. The molecule has 0 aromatic heterocycles. The van der Waals surface area contributed by atoms with Crippen LogP contribution in [0.4, 0.5) is 10.5 Å². The molecule has 1 saturated carbocycles. The molecule has 3 N–H and O–H groups in total. The molecule has 2 unspecified atom stereocenters. The summed E-state index contributed by atoms with van der Waals surface area (Å²) >= 11 is 0. The summed E-state index contributed by atoms with van der Waals surface area (Å²) in [4.78, 5) is 37.8. The Balaban J connectivity index is 1.43. The zero-order valence-corrected chi connectivity index (χ0v) is 15.4. The van der Waals surface area contributed by atoms with Gasteiger partial charge >= 0.3 is 12.0 Å². The van der Waals surface area contributed by atoms with Crippen molar-refractivity contribution in [2.45, 2.75) is 44.6 Å². The molecule has 0 spiro atoms. The van der Waals surface area contributed by atoms with E-state index < -0.39 is 11.9 Å². The SMILES string of the molecule is O=C(Nc1ccccc1)NC1CCN(C(=O)C2CCCC(C(=O)O)C2)CC1. The van der Waals surface area contributed by atoms with Crippen molar-refractivity contribution in [1.82, 2.24) is 10.2 Å². The fraction of sp³-hybridized carbons (Fsp3) is 0.550. The Labute approximate surface area is 159 Å². The lowest BCUT2D eigenvalue weighted by atomic mass is 9.80. The lowest BCUT2D eigenvalue weighted by Gasteiger charge is -2.36. The third kappa shape index (κ3) is 5.21. The van der Waals surface area contributed by atoms with Gasteiger partial charge in [0.1, 0.15) is 0 Å². The van der Waals surface area contributed by atoms with Crippen LogP contribution in [0.5, 0.6) is 0 Å². The van der Waals surface area contributed by atoms with Crippen LogP contribution in [0.25, 0.3) is 0 Å². The first kappa shape index (κ1) is 19.2. The molecular formula is C20H27N3O4. The van der Waals surface area contributed by atoms with Gasteiger partial charge in [-0.15, -0.1) is 0 Å². The van der Waals surface area contributed by atoms with E-state index >= 15 is 0 Å². The summed E-state index contributed by atoms with van der Waals surface area (Å²) < 4.78 is 0. The summed E-state index contributed by atoms with van der Waals surface area (Å²) in [5.74, 6) is -1.28. The molecule has 1 aromatic rings. The number of rotatable bonds is 4. The van der Waals surface area contributed by atoms with E-state index in [1.54, 1.807) is 0 Å². The second-order valence-corrected chi connectivity index (χ2v) is 7.46. The van der Waals surface area contributed by atoms with Crippen molar-refractivity contribution < 1.29 is 19.5 Å². The molecule has 1 heterocycles. The third-order valence-electron chi connectivity index (χ3n) is 5.55. The monoisotopic (exact) mass is 373 g/mol. The van der Waals surface area contributed by atoms with Crippen LogP contribution in [0.3, 0.4) is 0 Å². The number of nitrogens with one attached hydrogen (secondary N) is 2. The molecule has 2 fully saturated rings. The molecule has 0 radical (unpaired) electrons. The summed E-state index contributed by atoms with van der Waals surface area (Å²) in [6.45, 7) is 1.20. The van der Waals surface area contributed by atoms with Gasteiger partial charge in [-0.2, -0.15) is 0 Å². The van der Waals surface area contributed by atoms with E-state index in [4.69, 9.17) is 0 Å². The number of amides is 3. The van der Waals surface area contributed by atoms with Gasteiger partial charge in [-0.3, -0.25) is 9.59 Å². The summed E-state index contributed by atoms with van der Waals surface area (Å²) in [6.07, 6.45) is 4.12. The zero-order valence-electron chi connectivity index (χ0n) is 15.4. The summed E-state index contributed by atoms with van der Waals surface area (Å²) in [5, 5.41) is 15.0. The number of carbonyl (C=O) groups excluding carboxylic acids is 2. The van der Waals surface area contributed by atoms with Gasteiger partial charge in [-0.25, -0.2) is 4.79 Å². The maximum absolute atomic E-state index is 12.7. The lowest BCUT2D eigenvalue weighted by Crippen LogP contribution is -2.49. The number of urea groups is 1. The molecule has 2 atom stereocenters. The highest BCUT2D eigenvalue weighted by Gasteiger charge is 2.34. The molecule has 3 rings (SSSR count). The van der Waals surface area contributed by atoms with E-state index in [1.807, 2.05) is 35.2 Å². The van der Waals surface area contributed by atoms with Gasteiger partial charge in [0.2, 0.25) is 5.91 Å². The number of carbonyl (C=O) groups is 3. The molecule has 2 aliphatic rings. The van der Waals surface area contributed by atoms with Crippen LogP contribution in [0, 0.1) is 11.8 Å². The number of para-hydroxylation sites is 1. The van der Waals surface area contributed by atoms with Crippen LogP contribution in [-0.2, 0) is 9.59 Å². The maximum Gasteiger partial charge on any atom is 0.319 e. The van der Waals surface area contributed by atoms with Crippen molar-refractivity contribution in [3.63, 3.8) is 0 Å². The number of carboxylic acids is 1. The minimum Gasteiger partial charge on any atom is -0.481 e. The molecule has 1 aliphatic heterocycles. The first-order chi connectivity index (χ1) is 13.0. The quantitative estimate of drug-likeness (QED) is 0.756. The minimum absolute atomic E-state index is 0.0379. The highest BCUT2D eigenvalue weighted by molar-refractivity contribution is 5.89. The Kier molecular flexibility index (Phi) is 6.32. The predicted molar refractivity (Wildman–Crippen MR) is 101 cm³/mol. The van der Waals surface area contributed by atoms with Gasteiger partial charge in [-0.1, -0.05) is 24.6 Å². The van der Waals surface area contributed by atoms with E-state index in [9.17, 15) is 19.5 Å². The predicted octanol–water partition coefficient (Wildman–Crippen LogP) is 2.69. The van der Waals surface area contributed by atoms with Crippen molar-refractivity contribution in [2.75, 3.05) is 18.4 Å². The second kappa shape index (κ2) is 8.88. The molecule has 27 heavy (non-hydrogen) atoms. The molecule has 7 nitrogen and oxygen atoms in total. The van der Waals surface area contributed by atoms with Crippen LogP contribution in [0.2, 0.25) is 0 Å². The van der Waals surface area contributed by atoms with E-state index in [0.29, 0.717) is 38.8 Å². The fourth-order valence-electron chi connectivity index (χ4n) is 4.01. The van der Waals surface area contributed by atoms with E-state index in [2.05, 4.69) is 10.6 Å². The van der Waals surface area contributed by atoms with Crippen molar-refractivity contribution >= 4 is 23.6 Å². The molecular weight excluding hydrogens is 346 g/mol.